The van der Waals surface area contributed by atoms with Crippen molar-refractivity contribution in [2.75, 3.05) is 0 Å². The van der Waals surface area contributed by atoms with Gasteiger partial charge in [0.15, 0.2) is 12.0 Å². The molecule has 4 saturated carbocycles. The fourth-order valence-corrected chi connectivity index (χ4v) is 7.32. The van der Waals surface area contributed by atoms with Crippen LogP contribution < -0.4 is 0 Å². The van der Waals surface area contributed by atoms with E-state index in [1.54, 1.807) is 0 Å². The Hall–Kier alpha value is -0.930. The molecule has 3 nitrogen and oxygen atoms in total. The van der Waals surface area contributed by atoms with Crippen LogP contribution in [-0.2, 0) is 14.3 Å². The standard InChI is InChI=1S/C21H31FO3/c1-12(23)25-17-10-13-6-4-5-8-20(13,2)14-7-9-21(3)15(18(14)17)11-16(22)19(21)24/h13-18H,4-11H2,1-3H3/t13?,14?,15?,16-,17?,18?,20?,21?/m1/s1. The van der Waals surface area contributed by atoms with Gasteiger partial charge in [0.1, 0.15) is 6.10 Å². The Labute approximate surface area is 150 Å². The van der Waals surface area contributed by atoms with Crippen molar-refractivity contribution in [2.24, 2.45) is 34.5 Å². The van der Waals surface area contributed by atoms with Gasteiger partial charge in [-0.25, -0.2) is 4.39 Å². The smallest absolute Gasteiger partial charge is 0.302 e. The molecule has 0 bridgehead atoms. The molecule has 4 rings (SSSR count). The fourth-order valence-electron chi connectivity index (χ4n) is 7.32. The van der Waals surface area contributed by atoms with Crippen LogP contribution in [0, 0.1) is 34.5 Å². The minimum Gasteiger partial charge on any atom is -0.462 e. The van der Waals surface area contributed by atoms with Crippen LogP contribution in [0.3, 0.4) is 0 Å². The molecule has 0 N–H and O–H groups in total. The Balaban J connectivity index is 1.73. The average molecular weight is 350 g/mol. The lowest BCUT2D eigenvalue weighted by Gasteiger charge is -2.61. The molecule has 0 amide bonds. The molecule has 4 heteroatoms. The number of halogens is 1. The third kappa shape index (κ3) is 2.42. The summed E-state index contributed by atoms with van der Waals surface area (Å²) in [7, 11) is 0. The first-order chi connectivity index (χ1) is 11.8. The van der Waals surface area contributed by atoms with Crippen LogP contribution in [-0.4, -0.2) is 24.0 Å². The van der Waals surface area contributed by atoms with Gasteiger partial charge in [-0.15, -0.1) is 0 Å². The average Bonchev–Trinajstić information content (AvgIpc) is 2.78. The minimum atomic E-state index is -1.33. The van der Waals surface area contributed by atoms with Crippen molar-refractivity contribution >= 4 is 11.8 Å². The highest BCUT2D eigenvalue weighted by molar-refractivity contribution is 5.91. The summed E-state index contributed by atoms with van der Waals surface area (Å²) in [6.45, 7) is 5.87. The van der Waals surface area contributed by atoms with E-state index in [2.05, 4.69) is 6.92 Å². The monoisotopic (exact) mass is 350 g/mol. The van der Waals surface area contributed by atoms with Gasteiger partial charge in [-0.1, -0.05) is 26.7 Å². The molecule has 25 heavy (non-hydrogen) atoms. The number of Topliss-reactive ketones (excluding diaryl/α,β-unsaturated/α-hetero) is 1. The van der Waals surface area contributed by atoms with Crippen LogP contribution >= 0.6 is 0 Å². The highest BCUT2D eigenvalue weighted by atomic mass is 19.1. The molecular weight excluding hydrogens is 319 g/mol. The maximum Gasteiger partial charge on any atom is 0.302 e. The van der Waals surface area contributed by atoms with Gasteiger partial charge in [-0.2, -0.15) is 0 Å². The van der Waals surface area contributed by atoms with Crippen LogP contribution in [0.4, 0.5) is 4.39 Å². The van der Waals surface area contributed by atoms with E-state index in [0.717, 1.165) is 19.3 Å². The number of carbonyl (C=O) groups excluding carboxylic acids is 2. The number of ether oxygens (including phenoxy) is 1. The number of ketones is 1. The van der Waals surface area contributed by atoms with Gasteiger partial charge in [0.25, 0.3) is 0 Å². The Bertz CT molecular complexity index is 590. The molecule has 0 aromatic rings. The van der Waals surface area contributed by atoms with E-state index in [1.165, 1.54) is 32.6 Å². The SMILES string of the molecule is CC(=O)OC1CC2CCCCC2(C)C2CCC3(C)C(=O)[C@H](F)CC3C12. The molecule has 0 aromatic heterocycles. The summed E-state index contributed by atoms with van der Waals surface area (Å²) in [4.78, 5) is 24.3. The van der Waals surface area contributed by atoms with E-state index in [1.807, 2.05) is 6.92 Å². The van der Waals surface area contributed by atoms with Gasteiger partial charge in [0.2, 0.25) is 0 Å². The molecular formula is C21H31FO3. The molecule has 140 valence electrons. The van der Waals surface area contributed by atoms with Crippen LogP contribution in [0.25, 0.3) is 0 Å². The van der Waals surface area contributed by atoms with Crippen molar-refractivity contribution in [3.63, 3.8) is 0 Å². The van der Waals surface area contributed by atoms with Crippen molar-refractivity contribution in [1.29, 1.82) is 0 Å². The third-order valence-corrected chi connectivity index (χ3v) is 8.59. The molecule has 4 aliphatic rings. The number of hydrogen-bond acceptors (Lipinski definition) is 3. The van der Waals surface area contributed by atoms with Crippen LogP contribution in [0.1, 0.15) is 72.1 Å². The number of rotatable bonds is 1. The van der Waals surface area contributed by atoms with Crippen molar-refractivity contribution in [2.45, 2.75) is 84.4 Å². The van der Waals surface area contributed by atoms with E-state index in [9.17, 15) is 14.0 Å². The zero-order valence-electron chi connectivity index (χ0n) is 15.7. The second kappa shape index (κ2) is 5.79. The lowest BCUT2D eigenvalue weighted by molar-refractivity contribution is -0.186. The molecule has 0 aliphatic heterocycles. The van der Waals surface area contributed by atoms with Gasteiger partial charge in [0, 0.05) is 18.3 Å². The van der Waals surface area contributed by atoms with Crippen molar-refractivity contribution in [1.82, 2.24) is 0 Å². The topological polar surface area (TPSA) is 43.4 Å². The fraction of sp³-hybridized carbons (Fsp3) is 0.905. The summed E-state index contributed by atoms with van der Waals surface area (Å²) >= 11 is 0. The summed E-state index contributed by atoms with van der Waals surface area (Å²) in [5, 5.41) is 0. The number of fused-ring (bicyclic) bond motifs is 5. The van der Waals surface area contributed by atoms with Crippen molar-refractivity contribution in [3.8, 4) is 0 Å². The molecule has 0 saturated heterocycles. The van der Waals surface area contributed by atoms with Crippen molar-refractivity contribution in [3.05, 3.63) is 0 Å². The molecule has 4 aliphatic carbocycles. The van der Waals surface area contributed by atoms with E-state index in [4.69, 9.17) is 4.74 Å². The first kappa shape index (κ1) is 17.5. The molecule has 0 radical (unpaired) electrons. The predicted molar refractivity (Wildman–Crippen MR) is 92.6 cm³/mol. The van der Waals surface area contributed by atoms with E-state index < -0.39 is 11.6 Å². The van der Waals surface area contributed by atoms with Crippen molar-refractivity contribution < 1.29 is 18.7 Å². The number of carbonyl (C=O) groups is 2. The third-order valence-electron chi connectivity index (χ3n) is 8.59. The quantitative estimate of drug-likeness (QED) is 0.655. The first-order valence-corrected chi connectivity index (χ1v) is 10.1. The number of alkyl halides is 1. The maximum atomic E-state index is 14.4. The summed E-state index contributed by atoms with van der Waals surface area (Å²) in [5.74, 6) is 0.774. The van der Waals surface area contributed by atoms with Crippen LogP contribution in [0.2, 0.25) is 0 Å². The van der Waals surface area contributed by atoms with Gasteiger partial charge < -0.3 is 4.74 Å². The molecule has 8 atom stereocenters. The highest BCUT2D eigenvalue weighted by Gasteiger charge is 2.65. The largest absolute Gasteiger partial charge is 0.462 e. The molecule has 0 spiro atoms. The van der Waals surface area contributed by atoms with E-state index in [0.29, 0.717) is 18.3 Å². The second-order valence-electron chi connectivity index (χ2n) is 9.65. The summed E-state index contributed by atoms with van der Waals surface area (Å²) in [6.07, 6.45) is 6.49. The van der Waals surface area contributed by atoms with Crippen LogP contribution in [0.15, 0.2) is 0 Å². The van der Waals surface area contributed by atoms with Gasteiger partial charge in [-0.05, 0) is 61.7 Å². The lowest BCUT2D eigenvalue weighted by atomic mass is 9.44. The number of esters is 1. The maximum absolute atomic E-state index is 14.4. The number of hydrogen-bond donors (Lipinski definition) is 0. The normalized spacial score (nSPS) is 52.1. The van der Waals surface area contributed by atoms with E-state index in [-0.39, 0.29) is 35.1 Å². The Morgan fingerprint density at radius 3 is 2.60 bits per heavy atom. The molecule has 4 fully saturated rings. The summed E-state index contributed by atoms with van der Waals surface area (Å²) < 4.78 is 20.2. The van der Waals surface area contributed by atoms with Gasteiger partial charge >= 0.3 is 5.97 Å². The second-order valence-corrected chi connectivity index (χ2v) is 9.65. The molecule has 7 unspecified atom stereocenters. The lowest BCUT2D eigenvalue weighted by Crippen LogP contribution is -2.58. The molecule has 0 heterocycles. The zero-order valence-corrected chi connectivity index (χ0v) is 15.7. The molecule has 0 aromatic carbocycles. The summed E-state index contributed by atoms with van der Waals surface area (Å²) in [5.41, 5.74) is -0.296. The summed E-state index contributed by atoms with van der Waals surface area (Å²) in [6, 6.07) is 0. The predicted octanol–water partition coefficient (Wildman–Crippen LogP) is 4.48. The minimum absolute atomic E-state index is 0.0257. The Morgan fingerprint density at radius 1 is 1.12 bits per heavy atom. The van der Waals surface area contributed by atoms with E-state index >= 15 is 0 Å². The highest BCUT2D eigenvalue weighted by Crippen LogP contribution is 2.66. The van der Waals surface area contributed by atoms with Gasteiger partial charge in [0.05, 0.1) is 0 Å². The first-order valence-electron chi connectivity index (χ1n) is 10.1. The van der Waals surface area contributed by atoms with Crippen LogP contribution in [0.5, 0.6) is 0 Å². The Morgan fingerprint density at radius 2 is 1.88 bits per heavy atom. The van der Waals surface area contributed by atoms with Gasteiger partial charge in [-0.3, -0.25) is 9.59 Å². The Kier molecular flexibility index (Phi) is 4.05. The zero-order chi connectivity index (χ0) is 18.0.